The molecule has 3 aliphatic rings. The Labute approximate surface area is 282 Å². The summed E-state index contributed by atoms with van der Waals surface area (Å²) in [6.45, 7) is 17.1. The number of aromatic amines is 1. The second-order valence-electron chi connectivity index (χ2n) is 15.4. The summed E-state index contributed by atoms with van der Waals surface area (Å²) in [4.78, 5) is 44.8. The lowest BCUT2D eigenvalue weighted by molar-refractivity contribution is 0.0212. The van der Waals surface area contributed by atoms with Crippen LogP contribution < -0.4 is 0 Å². The van der Waals surface area contributed by atoms with E-state index in [-0.39, 0.29) is 24.3 Å². The first-order valence-electron chi connectivity index (χ1n) is 16.6. The van der Waals surface area contributed by atoms with Crippen molar-refractivity contribution in [3.8, 4) is 21.0 Å². The normalized spacial score (nSPS) is 23.2. The van der Waals surface area contributed by atoms with Crippen LogP contribution in [0.25, 0.3) is 26.6 Å². The van der Waals surface area contributed by atoms with E-state index in [1.165, 1.54) is 0 Å². The molecule has 3 aliphatic heterocycles. The summed E-state index contributed by atoms with van der Waals surface area (Å²) in [6.07, 6.45) is 5.74. The van der Waals surface area contributed by atoms with Crippen LogP contribution in [0, 0.1) is 11.8 Å². The minimum atomic E-state index is -0.544. The maximum absolute atomic E-state index is 12.9. The SMILES string of the molecule is C[C@H]1C[C@@H](C2=NC=C(c3ccc(-c4ccc(-c5cnc([C@@H]6C[C@H](C)CN6C(=O)OC(C)(C)C)[nH]5)s4)cc3)C2)N(C(=O)OC(C)(C)C)C1. The quantitative estimate of drug-likeness (QED) is 0.295. The van der Waals surface area contributed by atoms with Gasteiger partial charge >= 0.3 is 12.2 Å². The van der Waals surface area contributed by atoms with Crippen molar-refractivity contribution in [3.05, 3.63) is 60.2 Å². The first-order chi connectivity index (χ1) is 22.1. The third-order valence-corrected chi connectivity index (χ3v) is 9.91. The fraction of sp³-hybridized carbons (Fsp3) is 0.514. The second kappa shape index (κ2) is 12.6. The summed E-state index contributed by atoms with van der Waals surface area (Å²) in [5, 5.41) is 0. The van der Waals surface area contributed by atoms with Crippen LogP contribution in [0.5, 0.6) is 0 Å². The minimum Gasteiger partial charge on any atom is -0.444 e. The fourth-order valence-corrected chi connectivity index (χ4v) is 7.63. The van der Waals surface area contributed by atoms with Gasteiger partial charge < -0.3 is 14.5 Å². The Balaban J connectivity index is 1.10. The van der Waals surface area contributed by atoms with Gasteiger partial charge in [-0.25, -0.2) is 14.6 Å². The van der Waals surface area contributed by atoms with Gasteiger partial charge in [0.15, 0.2) is 0 Å². The number of allylic oxidation sites excluding steroid dienone is 1. The first-order valence-corrected chi connectivity index (χ1v) is 17.5. The average molecular weight is 658 g/mol. The number of imidazole rings is 1. The minimum absolute atomic E-state index is 0.0298. The van der Waals surface area contributed by atoms with Crippen LogP contribution in [0.4, 0.5) is 9.59 Å². The molecular weight excluding hydrogens is 611 g/mol. The summed E-state index contributed by atoms with van der Waals surface area (Å²) in [6, 6.07) is 12.7. The number of benzene rings is 1. The number of likely N-dealkylation sites (tertiary alicyclic amines) is 2. The molecule has 4 atom stereocenters. The number of carbonyl (C=O) groups is 2. The van der Waals surface area contributed by atoms with Gasteiger partial charge in [0.25, 0.3) is 0 Å². The molecule has 0 saturated carbocycles. The molecule has 2 fully saturated rings. The Morgan fingerprint density at radius 1 is 0.809 bits per heavy atom. The largest absolute Gasteiger partial charge is 0.444 e. The number of carbonyl (C=O) groups excluding carboxylic acids is 2. The molecule has 9 nitrogen and oxygen atoms in total. The molecule has 1 aromatic carbocycles. The van der Waals surface area contributed by atoms with Crippen LogP contribution in [-0.2, 0) is 9.47 Å². The van der Waals surface area contributed by atoms with E-state index in [0.29, 0.717) is 24.9 Å². The molecule has 250 valence electrons. The molecule has 5 heterocycles. The number of nitrogens with zero attached hydrogens (tertiary/aromatic N) is 4. The van der Waals surface area contributed by atoms with Gasteiger partial charge in [-0.3, -0.25) is 14.8 Å². The maximum atomic E-state index is 12.9. The highest BCUT2D eigenvalue weighted by Gasteiger charge is 2.40. The van der Waals surface area contributed by atoms with Crippen LogP contribution in [-0.4, -0.2) is 68.0 Å². The molecule has 3 aromatic rings. The highest BCUT2D eigenvalue weighted by molar-refractivity contribution is 7.18. The molecule has 0 radical (unpaired) electrons. The predicted molar refractivity (Wildman–Crippen MR) is 187 cm³/mol. The number of thiophene rings is 1. The number of rotatable bonds is 5. The molecule has 2 saturated heterocycles. The van der Waals surface area contributed by atoms with Crippen LogP contribution >= 0.6 is 11.3 Å². The van der Waals surface area contributed by atoms with Crippen molar-refractivity contribution < 1.29 is 19.1 Å². The average Bonchev–Trinajstić information content (AvgIpc) is 3.80. The first kappa shape index (κ1) is 33.0. The van der Waals surface area contributed by atoms with Crippen molar-refractivity contribution in [1.29, 1.82) is 0 Å². The monoisotopic (exact) mass is 657 g/mol. The number of amides is 2. The molecule has 0 unspecified atom stereocenters. The smallest absolute Gasteiger partial charge is 0.410 e. The van der Waals surface area contributed by atoms with Gasteiger partial charge in [-0.15, -0.1) is 11.3 Å². The summed E-state index contributed by atoms with van der Waals surface area (Å²) in [7, 11) is 0. The van der Waals surface area contributed by atoms with Gasteiger partial charge in [-0.05, 0) is 95.1 Å². The molecule has 47 heavy (non-hydrogen) atoms. The predicted octanol–water partition coefficient (Wildman–Crippen LogP) is 8.95. The lowest BCUT2D eigenvalue weighted by atomic mass is 9.96. The van der Waals surface area contributed by atoms with Crippen molar-refractivity contribution in [2.24, 2.45) is 16.8 Å². The van der Waals surface area contributed by atoms with Gasteiger partial charge in [0.05, 0.1) is 28.9 Å². The lowest BCUT2D eigenvalue weighted by Gasteiger charge is -2.28. The Morgan fingerprint density at radius 3 is 1.98 bits per heavy atom. The zero-order chi connectivity index (χ0) is 33.7. The summed E-state index contributed by atoms with van der Waals surface area (Å²) < 4.78 is 11.4. The molecule has 0 spiro atoms. The molecule has 0 bridgehead atoms. The van der Waals surface area contributed by atoms with E-state index in [4.69, 9.17) is 19.5 Å². The fourth-order valence-electron chi connectivity index (χ4n) is 6.66. The van der Waals surface area contributed by atoms with E-state index in [9.17, 15) is 9.59 Å². The third-order valence-electron chi connectivity index (χ3n) is 8.74. The van der Waals surface area contributed by atoms with E-state index in [0.717, 1.165) is 62.9 Å². The molecule has 2 amide bonds. The Morgan fingerprint density at radius 2 is 1.36 bits per heavy atom. The summed E-state index contributed by atoms with van der Waals surface area (Å²) in [5.41, 5.74) is 4.34. The molecule has 2 aromatic heterocycles. The Hall–Kier alpha value is -3.92. The maximum Gasteiger partial charge on any atom is 0.410 e. The molecule has 6 rings (SSSR count). The van der Waals surface area contributed by atoms with Gasteiger partial charge in [-0.1, -0.05) is 38.1 Å². The number of hydrogen-bond acceptors (Lipinski definition) is 7. The lowest BCUT2D eigenvalue weighted by Crippen LogP contribution is -2.43. The molecule has 10 heteroatoms. The van der Waals surface area contributed by atoms with Gasteiger partial charge in [0.1, 0.15) is 17.0 Å². The van der Waals surface area contributed by atoms with E-state index < -0.39 is 11.2 Å². The zero-order valence-corrected chi connectivity index (χ0v) is 29.6. The van der Waals surface area contributed by atoms with E-state index in [1.807, 2.05) is 58.8 Å². The second-order valence-corrected chi connectivity index (χ2v) is 16.4. The van der Waals surface area contributed by atoms with Crippen LogP contribution in [0.1, 0.15) is 92.1 Å². The molecular formula is C37H47N5O4S. The number of hydrogen-bond donors (Lipinski definition) is 1. The number of aliphatic imine (C=N–C) groups is 1. The standard InChI is InChI=1S/C37H47N5O4S/c1-22-15-29(41(20-22)34(43)45-36(3,4)5)27-17-26(18-38-27)24-9-11-25(12-10-24)31-13-14-32(47-31)28-19-39-33(40-28)30-16-23(2)21-42(30)35(44)46-37(6,7)8/h9-14,18-19,22-23,29-30H,15-17,20-21H2,1-8H3,(H,39,40)/t22-,23-,29-,30-/m0/s1. The van der Waals surface area contributed by atoms with Crippen molar-refractivity contribution >= 4 is 34.8 Å². The highest BCUT2D eigenvalue weighted by atomic mass is 32.1. The molecule has 0 aliphatic carbocycles. The van der Waals surface area contributed by atoms with Crippen molar-refractivity contribution in [1.82, 2.24) is 19.8 Å². The number of ether oxygens (including phenoxy) is 2. The topological polar surface area (TPSA) is 100 Å². The van der Waals surface area contributed by atoms with Crippen molar-refractivity contribution in [2.75, 3.05) is 13.1 Å². The van der Waals surface area contributed by atoms with Crippen LogP contribution in [0.15, 0.2) is 53.8 Å². The summed E-state index contributed by atoms with van der Waals surface area (Å²) >= 11 is 1.71. The highest BCUT2D eigenvalue weighted by Crippen LogP contribution is 2.39. The number of nitrogens with one attached hydrogen (secondary N) is 1. The number of aromatic nitrogens is 2. The number of H-pyrrole nitrogens is 1. The van der Waals surface area contributed by atoms with E-state index >= 15 is 0 Å². The van der Waals surface area contributed by atoms with Gasteiger partial charge in [0, 0.05) is 36.3 Å². The van der Waals surface area contributed by atoms with Gasteiger partial charge in [-0.2, -0.15) is 0 Å². The Bertz CT molecular complexity index is 1690. The van der Waals surface area contributed by atoms with E-state index in [2.05, 4.69) is 55.2 Å². The van der Waals surface area contributed by atoms with E-state index in [1.54, 1.807) is 16.2 Å². The molecule has 1 N–H and O–H groups in total. The van der Waals surface area contributed by atoms with Crippen molar-refractivity contribution in [3.63, 3.8) is 0 Å². The Kier molecular flexibility index (Phi) is 8.84. The van der Waals surface area contributed by atoms with Crippen molar-refractivity contribution in [2.45, 2.75) is 97.9 Å². The van der Waals surface area contributed by atoms with Gasteiger partial charge in [0.2, 0.25) is 0 Å². The summed E-state index contributed by atoms with van der Waals surface area (Å²) in [5.74, 6) is 1.57. The zero-order valence-electron chi connectivity index (χ0n) is 28.8. The third kappa shape index (κ3) is 7.48. The van der Waals surface area contributed by atoms with Crippen LogP contribution in [0.3, 0.4) is 0 Å². The van der Waals surface area contributed by atoms with Crippen LogP contribution in [0.2, 0.25) is 0 Å².